The van der Waals surface area contributed by atoms with E-state index in [1.54, 1.807) is 19.3 Å². The van der Waals surface area contributed by atoms with E-state index in [4.69, 9.17) is 9.47 Å². The number of piperidine rings is 1. The molecule has 0 N–H and O–H groups in total. The molecule has 0 aliphatic carbocycles. The molecule has 1 aromatic heterocycles. The monoisotopic (exact) mass is 290 g/mol. The summed E-state index contributed by atoms with van der Waals surface area (Å²) in [4.78, 5) is 17.5. The summed E-state index contributed by atoms with van der Waals surface area (Å²) in [5.41, 5.74) is 0.937. The molecule has 1 aromatic rings. The van der Waals surface area contributed by atoms with Crippen LogP contribution in [-0.2, 0) is 20.9 Å². The zero-order valence-electron chi connectivity index (χ0n) is 12.5. The van der Waals surface area contributed by atoms with Gasteiger partial charge in [0.15, 0.2) is 0 Å². The number of pyridine rings is 1. The normalized spacial score (nSPS) is 29.0. The number of carbonyl (C=O) groups is 1. The zero-order valence-corrected chi connectivity index (χ0v) is 12.5. The molecule has 2 aliphatic rings. The number of nitrogens with zero attached hydrogens (tertiary/aromatic N) is 2. The van der Waals surface area contributed by atoms with E-state index in [9.17, 15) is 4.79 Å². The van der Waals surface area contributed by atoms with Gasteiger partial charge in [0.2, 0.25) is 5.91 Å². The predicted molar refractivity (Wildman–Crippen MR) is 77.6 cm³/mol. The number of aromatic nitrogens is 1. The Bertz CT molecular complexity index is 494. The molecule has 0 radical (unpaired) electrons. The molecule has 21 heavy (non-hydrogen) atoms. The van der Waals surface area contributed by atoms with Crippen LogP contribution in [0.3, 0.4) is 0 Å². The third kappa shape index (κ3) is 3.41. The van der Waals surface area contributed by atoms with Crippen molar-refractivity contribution >= 4 is 5.91 Å². The fourth-order valence-corrected chi connectivity index (χ4v) is 3.25. The number of likely N-dealkylation sites (tertiary alicyclic amines) is 1. The lowest BCUT2D eigenvalue weighted by atomic mass is 9.89. The molecule has 2 fully saturated rings. The van der Waals surface area contributed by atoms with Gasteiger partial charge in [-0.05, 0) is 30.5 Å². The van der Waals surface area contributed by atoms with E-state index in [0.717, 1.165) is 31.4 Å². The summed E-state index contributed by atoms with van der Waals surface area (Å²) in [5, 5.41) is 0. The molecule has 0 aromatic carbocycles. The lowest BCUT2D eigenvalue weighted by Gasteiger charge is -2.39. The van der Waals surface area contributed by atoms with Crippen LogP contribution in [0.5, 0.6) is 0 Å². The van der Waals surface area contributed by atoms with Crippen molar-refractivity contribution in [2.45, 2.75) is 44.5 Å². The molecular formula is C16H22N2O3. The van der Waals surface area contributed by atoms with Gasteiger partial charge in [-0.3, -0.25) is 9.78 Å². The molecule has 5 nitrogen and oxygen atoms in total. The predicted octanol–water partition coefficient (Wildman–Crippen LogP) is 1.77. The molecule has 2 saturated heterocycles. The minimum Gasteiger partial charge on any atom is -0.371 e. The topological polar surface area (TPSA) is 51.7 Å². The van der Waals surface area contributed by atoms with Crippen molar-refractivity contribution in [2.24, 2.45) is 0 Å². The van der Waals surface area contributed by atoms with Crippen molar-refractivity contribution in [1.29, 1.82) is 0 Å². The molecule has 1 amide bonds. The summed E-state index contributed by atoms with van der Waals surface area (Å²) in [7, 11) is 0. The minimum absolute atomic E-state index is 0.116. The van der Waals surface area contributed by atoms with Crippen molar-refractivity contribution in [3.63, 3.8) is 0 Å². The smallest absolute Gasteiger partial charge is 0.219 e. The Balaban J connectivity index is 1.54. The van der Waals surface area contributed by atoms with Gasteiger partial charge in [0, 0.05) is 38.8 Å². The van der Waals surface area contributed by atoms with E-state index in [1.807, 2.05) is 17.0 Å². The Morgan fingerprint density at radius 2 is 2.33 bits per heavy atom. The van der Waals surface area contributed by atoms with E-state index < -0.39 is 0 Å². The first-order chi connectivity index (χ1) is 10.2. The average molecular weight is 290 g/mol. The highest BCUT2D eigenvalue weighted by molar-refractivity contribution is 5.73. The fourth-order valence-electron chi connectivity index (χ4n) is 3.25. The molecule has 0 saturated carbocycles. The van der Waals surface area contributed by atoms with Crippen LogP contribution in [-0.4, -0.2) is 47.2 Å². The first-order valence-electron chi connectivity index (χ1n) is 7.57. The fraction of sp³-hybridized carbons (Fsp3) is 0.625. The number of ether oxygens (including phenoxy) is 2. The van der Waals surface area contributed by atoms with Gasteiger partial charge >= 0.3 is 0 Å². The molecule has 3 rings (SSSR count). The van der Waals surface area contributed by atoms with Crippen molar-refractivity contribution in [2.75, 3.05) is 19.7 Å². The summed E-state index contributed by atoms with van der Waals surface area (Å²) in [6.45, 7) is 4.39. The maximum Gasteiger partial charge on any atom is 0.219 e. The molecule has 2 atom stereocenters. The highest BCUT2D eigenvalue weighted by Crippen LogP contribution is 2.36. The minimum atomic E-state index is -0.188. The molecule has 3 heterocycles. The highest BCUT2D eigenvalue weighted by Gasteiger charge is 2.44. The number of hydrogen-bond acceptors (Lipinski definition) is 4. The summed E-state index contributed by atoms with van der Waals surface area (Å²) >= 11 is 0. The van der Waals surface area contributed by atoms with Gasteiger partial charge in [0.05, 0.1) is 24.9 Å². The number of hydrogen-bond donors (Lipinski definition) is 0. The zero-order chi connectivity index (χ0) is 14.7. The lowest BCUT2D eigenvalue weighted by molar-refractivity contribution is -0.136. The summed E-state index contributed by atoms with van der Waals surface area (Å²) in [6.07, 6.45) is 6.57. The molecule has 0 bridgehead atoms. The number of amides is 1. The van der Waals surface area contributed by atoms with Gasteiger partial charge in [-0.1, -0.05) is 0 Å². The molecule has 114 valence electrons. The van der Waals surface area contributed by atoms with Crippen molar-refractivity contribution in [1.82, 2.24) is 9.88 Å². The highest BCUT2D eigenvalue weighted by atomic mass is 16.6. The van der Waals surface area contributed by atoms with E-state index in [2.05, 4.69) is 4.98 Å². The van der Waals surface area contributed by atoms with Gasteiger partial charge in [0.1, 0.15) is 0 Å². The van der Waals surface area contributed by atoms with Gasteiger partial charge in [-0.15, -0.1) is 0 Å². The SMILES string of the molecule is CC(=O)N1CCC[C@]2(C[C@H](OCc3ccncc3)CO2)C1. The second kappa shape index (κ2) is 6.12. The second-order valence-electron chi connectivity index (χ2n) is 6.03. The van der Waals surface area contributed by atoms with E-state index in [-0.39, 0.29) is 17.6 Å². The summed E-state index contributed by atoms with van der Waals surface area (Å²) < 4.78 is 12.0. The second-order valence-corrected chi connectivity index (χ2v) is 6.03. The van der Waals surface area contributed by atoms with Gasteiger partial charge in [-0.25, -0.2) is 0 Å². The van der Waals surface area contributed by atoms with E-state index in [0.29, 0.717) is 19.8 Å². The van der Waals surface area contributed by atoms with Crippen LogP contribution >= 0.6 is 0 Å². The Labute approximate surface area is 125 Å². The summed E-state index contributed by atoms with van der Waals surface area (Å²) in [6, 6.07) is 3.92. The molecule has 0 unspecified atom stereocenters. The van der Waals surface area contributed by atoms with Gasteiger partial charge in [0.25, 0.3) is 0 Å². The van der Waals surface area contributed by atoms with Crippen LogP contribution < -0.4 is 0 Å². The van der Waals surface area contributed by atoms with Crippen LogP contribution in [0.1, 0.15) is 31.7 Å². The van der Waals surface area contributed by atoms with Crippen LogP contribution in [0.2, 0.25) is 0 Å². The van der Waals surface area contributed by atoms with E-state index in [1.165, 1.54) is 0 Å². The van der Waals surface area contributed by atoms with Crippen molar-refractivity contribution < 1.29 is 14.3 Å². The third-order valence-corrected chi connectivity index (χ3v) is 4.39. The largest absolute Gasteiger partial charge is 0.371 e. The first-order valence-corrected chi connectivity index (χ1v) is 7.57. The van der Waals surface area contributed by atoms with Crippen LogP contribution in [0.15, 0.2) is 24.5 Å². The van der Waals surface area contributed by atoms with Crippen LogP contribution in [0, 0.1) is 0 Å². The average Bonchev–Trinajstić information content (AvgIpc) is 2.89. The Kier molecular flexibility index (Phi) is 4.22. The van der Waals surface area contributed by atoms with Crippen LogP contribution in [0.25, 0.3) is 0 Å². The summed E-state index contributed by atoms with van der Waals surface area (Å²) in [5.74, 6) is 0.138. The van der Waals surface area contributed by atoms with Crippen LogP contribution in [0.4, 0.5) is 0 Å². The molecule has 2 aliphatic heterocycles. The van der Waals surface area contributed by atoms with E-state index >= 15 is 0 Å². The molecular weight excluding hydrogens is 268 g/mol. The van der Waals surface area contributed by atoms with Crippen molar-refractivity contribution in [3.8, 4) is 0 Å². The maximum absolute atomic E-state index is 11.6. The van der Waals surface area contributed by atoms with Gasteiger partial charge in [-0.2, -0.15) is 0 Å². The third-order valence-electron chi connectivity index (χ3n) is 4.39. The Morgan fingerprint density at radius 3 is 3.10 bits per heavy atom. The van der Waals surface area contributed by atoms with Gasteiger partial charge < -0.3 is 14.4 Å². The number of carbonyl (C=O) groups excluding carboxylic acids is 1. The molecule has 1 spiro atoms. The number of rotatable bonds is 3. The maximum atomic E-state index is 11.6. The quantitative estimate of drug-likeness (QED) is 0.851. The van der Waals surface area contributed by atoms with Crippen molar-refractivity contribution in [3.05, 3.63) is 30.1 Å². The standard InChI is InChI=1S/C16H22N2O3/c1-13(19)18-8-2-5-16(12-18)9-15(11-21-16)20-10-14-3-6-17-7-4-14/h3-4,6-7,15H,2,5,8-12H2,1H3/t15-,16-/m0/s1. The first kappa shape index (κ1) is 14.5. The lowest BCUT2D eigenvalue weighted by Crippen LogP contribution is -2.49. The molecule has 5 heteroatoms. The Morgan fingerprint density at radius 1 is 1.52 bits per heavy atom. The Hall–Kier alpha value is -1.46.